The van der Waals surface area contributed by atoms with Gasteiger partial charge in [0.05, 0.1) is 5.02 Å². The minimum Gasteiger partial charge on any atom is -0.480 e. The largest absolute Gasteiger partial charge is 0.480 e. The van der Waals surface area contributed by atoms with Crippen molar-refractivity contribution in [1.82, 2.24) is 10.6 Å². The molecule has 0 heterocycles. The molecule has 7 nitrogen and oxygen atoms in total. The number of aryl methyl sites for hydroxylation is 1. The first kappa shape index (κ1) is 20.8. The number of hydrogen-bond acceptors (Lipinski definition) is 5. The Balaban J connectivity index is 2.25. The summed E-state index contributed by atoms with van der Waals surface area (Å²) < 4.78 is 9.99. The van der Waals surface area contributed by atoms with E-state index in [0.717, 1.165) is 12.0 Å². The molecule has 0 aliphatic carbocycles. The fourth-order valence-corrected chi connectivity index (χ4v) is 1.90. The molecule has 0 aliphatic heterocycles. The van der Waals surface area contributed by atoms with Crippen LogP contribution in [0.2, 0.25) is 5.02 Å². The van der Waals surface area contributed by atoms with E-state index in [1.54, 1.807) is 12.1 Å². The summed E-state index contributed by atoms with van der Waals surface area (Å²) in [5.41, 5.74) is 0.927. The van der Waals surface area contributed by atoms with Crippen LogP contribution in [0.4, 0.5) is 4.79 Å². The molecule has 0 aliphatic rings. The monoisotopic (exact) mass is 370 g/mol. The standard InChI is InChI=1S/C17H23ClN2O5/c1-11(2)6-7-19-17(23)20-15(21)9-25-16(22)10-24-14-8-12(3)4-5-13(14)18/h4-5,8,11H,6-7,9-10H2,1-3H3,(H2,19,20,21,23). The maximum Gasteiger partial charge on any atom is 0.344 e. The molecule has 1 aromatic carbocycles. The predicted octanol–water partition coefficient (Wildman–Crippen LogP) is 2.44. The lowest BCUT2D eigenvalue weighted by Crippen LogP contribution is -2.42. The Morgan fingerprint density at radius 3 is 2.60 bits per heavy atom. The third-order valence-corrected chi connectivity index (χ3v) is 3.37. The molecule has 1 aromatic rings. The zero-order valence-corrected chi connectivity index (χ0v) is 15.3. The molecule has 3 amide bonds. The van der Waals surface area contributed by atoms with E-state index < -0.39 is 31.1 Å². The third-order valence-electron chi connectivity index (χ3n) is 3.06. The molecule has 0 atom stereocenters. The number of carbonyl (C=O) groups excluding carboxylic acids is 3. The highest BCUT2D eigenvalue weighted by Crippen LogP contribution is 2.25. The zero-order chi connectivity index (χ0) is 18.8. The highest BCUT2D eigenvalue weighted by atomic mass is 35.5. The van der Waals surface area contributed by atoms with Gasteiger partial charge in [-0.05, 0) is 37.0 Å². The number of amides is 3. The van der Waals surface area contributed by atoms with Crippen LogP contribution in [0.1, 0.15) is 25.8 Å². The number of carbonyl (C=O) groups is 3. The van der Waals surface area contributed by atoms with Gasteiger partial charge in [-0.25, -0.2) is 9.59 Å². The fraction of sp³-hybridized carbons (Fsp3) is 0.471. The van der Waals surface area contributed by atoms with Crippen LogP contribution in [0.3, 0.4) is 0 Å². The molecular weight excluding hydrogens is 348 g/mol. The Morgan fingerprint density at radius 1 is 1.20 bits per heavy atom. The molecule has 25 heavy (non-hydrogen) atoms. The highest BCUT2D eigenvalue weighted by Gasteiger charge is 2.12. The van der Waals surface area contributed by atoms with Crippen molar-refractivity contribution in [2.75, 3.05) is 19.8 Å². The van der Waals surface area contributed by atoms with Gasteiger partial charge in [0.1, 0.15) is 5.75 Å². The van der Waals surface area contributed by atoms with Crippen molar-refractivity contribution in [3.05, 3.63) is 28.8 Å². The predicted molar refractivity (Wildman–Crippen MR) is 93.6 cm³/mol. The van der Waals surface area contributed by atoms with Crippen molar-refractivity contribution >= 4 is 29.5 Å². The van der Waals surface area contributed by atoms with Crippen molar-refractivity contribution < 1.29 is 23.9 Å². The van der Waals surface area contributed by atoms with E-state index in [9.17, 15) is 14.4 Å². The Morgan fingerprint density at radius 2 is 1.92 bits per heavy atom. The lowest BCUT2D eigenvalue weighted by molar-refractivity contribution is -0.150. The van der Waals surface area contributed by atoms with Crippen LogP contribution in [0.5, 0.6) is 5.75 Å². The van der Waals surface area contributed by atoms with Crippen LogP contribution in [0.15, 0.2) is 18.2 Å². The summed E-state index contributed by atoms with van der Waals surface area (Å²) in [6.45, 7) is 5.41. The lowest BCUT2D eigenvalue weighted by Gasteiger charge is -2.10. The van der Waals surface area contributed by atoms with Crippen LogP contribution in [-0.2, 0) is 14.3 Å². The van der Waals surface area contributed by atoms with Crippen LogP contribution in [0.25, 0.3) is 0 Å². The van der Waals surface area contributed by atoms with Crippen molar-refractivity contribution in [3.63, 3.8) is 0 Å². The molecular formula is C17H23ClN2O5. The smallest absolute Gasteiger partial charge is 0.344 e. The van der Waals surface area contributed by atoms with Crippen LogP contribution in [-0.4, -0.2) is 37.7 Å². The average Bonchev–Trinajstić information content (AvgIpc) is 2.53. The second-order valence-electron chi connectivity index (χ2n) is 5.87. The van der Waals surface area contributed by atoms with Gasteiger partial charge in [-0.15, -0.1) is 0 Å². The first-order valence-corrected chi connectivity index (χ1v) is 8.28. The number of benzene rings is 1. The van der Waals surface area contributed by atoms with Crippen LogP contribution >= 0.6 is 11.6 Å². The lowest BCUT2D eigenvalue weighted by atomic mass is 10.1. The minimum atomic E-state index is -0.743. The SMILES string of the molecule is Cc1ccc(Cl)c(OCC(=O)OCC(=O)NC(=O)NCCC(C)C)c1. The van der Waals surface area contributed by atoms with Crippen molar-refractivity contribution in [2.24, 2.45) is 5.92 Å². The molecule has 0 spiro atoms. The average molecular weight is 371 g/mol. The van der Waals surface area contributed by atoms with Gasteiger partial charge in [-0.2, -0.15) is 0 Å². The normalized spacial score (nSPS) is 10.3. The van der Waals surface area contributed by atoms with Gasteiger partial charge in [0, 0.05) is 6.54 Å². The minimum absolute atomic E-state index is 0.354. The summed E-state index contributed by atoms with van der Waals surface area (Å²) in [7, 11) is 0. The topological polar surface area (TPSA) is 93.7 Å². The number of imide groups is 1. The first-order chi connectivity index (χ1) is 11.8. The summed E-state index contributed by atoms with van der Waals surface area (Å²) in [4.78, 5) is 34.5. The van der Waals surface area contributed by atoms with E-state index in [1.807, 2.05) is 26.8 Å². The Kier molecular flexibility index (Phi) is 8.77. The number of ether oxygens (including phenoxy) is 2. The molecule has 138 valence electrons. The highest BCUT2D eigenvalue weighted by molar-refractivity contribution is 6.32. The molecule has 0 radical (unpaired) electrons. The van der Waals surface area contributed by atoms with Gasteiger partial charge in [-0.1, -0.05) is 31.5 Å². The zero-order valence-electron chi connectivity index (χ0n) is 14.6. The molecule has 0 unspecified atom stereocenters. The summed E-state index contributed by atoms with van der Waals surface area (Å²) in [6.07, 6.45) is 0.801. The van der Waals surface area contributed by atoms with Gasteiger partial charge in [0.2, 0.25) is 0 Å². The molecule has 0 saturated heterocycles. The molecule has 0 saturated carbocycles. The number of halogens is 1. The Labute approximate surface area is 152 Å². The van der Waals surface area contributed by atoms with Gasteiger partial charge >= 0.3 is 12.0 Å². The molecule has 1 rings (SSSR count). The number of hydrogen-bond donors (Lipinski definition) is 2. The summed E-state index contributed by atoms with van der Waals surface area (Å²) in [5.74, 6) is -0.664. The number of urea groups is 1. The second-order valence-corrected chi connectivity index (χ2v) is 6.28. The number of nitrogens with one attached hydrogen (secondary N) is 2. The van der Waals surface area contributed by atoms with Gasteiger partial charge in [0.15, 0.2) is 13.2 Å². The molecule has 8 heteroatoms. The van der Waals surface area contributed by atoms with E-state index in [2.05, 4.69) is 10.6 Å². The maximum absolute atomic E-state index is 11.6. The van der Waals surface area contributed by atoms with E-state index >= 15 is 0 Å². The van der Waals surface area contributed by atoms with E-state index in [1.165, 1.54) is 0 Å². The van der Waals surface area contributed by atoms with Gasteiger partial charge in [-0.3, -0.25) is 10.1 Å². The van der Waals surface area contributed by atoms with E-state index in [-0.39, 0.29) is 0 Å². The third kappa shape index (κ3) is 8.95. The Bertz CT molecular complexity index is 619. The van der Waals surface area contributed by atoms with Crippen LogP contribution < -0.4 is 15.4 Å². The van der Waals surface area contributed by atoms with Gasteiger partial charge < -0.3 is 14.8 Å². The van der Waals surface area contributed by atoms with Crippen LogP contribution in [0, 0.1) is 12.8 Å². The summed E-state index contributed by atoms with van der Waals surface area (Å²) in [5, 5.41) is 4.98. The van der Waals surface area contributed by atoms with Gasteiger partial charge in [0.25, 0.3) is 5.91 Å². The van der Waals surface area contributed by atoms with Crippen molar-refractivity contribution in [1.29, 1.82) is 0 Å². The first-order valence-electron chi connectivity index (χ1n) is 7.90. The second kappa shape index (κ2) is 10.6. The number of rotatable bonds is 8. The van der Waals surface area contributed by atoms with Crippen molar-refractivity contribution in [2.45, 2.75) is 27.2 Å². The van der Waals surface area contributed by atoms with E-state index in [0.29, 0.717) is 23.2 Å². The quantitative estimate of drug-likeness (QED) is 0.685. The van der Waals surface area contributed by atoms with Crippen molar-refractivity contribution in [3.8, 4) is 5.75 Å². The molecule has 2 N–H and O–H groups in total. The number of esters is 1. The summed E-state index contributed by atoms with van der Waals surface area (Å²) in [6, 6.07) is 4.53. The fourth-order valence-electron chi connectivity index (χ4n) is 1.73. The molecule has 0 aromatic heterocycles. The maximum atomic E-state index is 11.6. The molecule has 0 fully saturated rings. The van der Waals surface area contributed by atoms with E-state index in [4.69, 9.17) is 21.1 Å². The Hall–Kier alpha value is -2.28. The summed E-state index contributed by atoms with van der Waals surface area (Å²) >= 11 is 5.94. The molecule has 0 bridgehead atoms.